The summed E-state index contributed by atoms with van der Waals surface area (Å²) < 4.78 is 88.0. The first-order chi connectivity index (χ1) is 13.9. The van der Waals surface area contributed by atoms with Crippen LogP contribution in [0.3, 0.4) is 0 Å². The van der Waals surface area contributed by atoms with Crippen molar-refractivity contribution in [2.75, 3.05) is 34.8 Å². The maximum Gasteiger partial charge on any atom is 0.426 e. The van der Waals surface area contributed by atoms with Crippen LogP contribution in [0.2, 0.25) is 5.02 Å². The summed E-state index contributed by atoms with van der Waals surface area (Å²) in [6.07, 6.45) is -5.27. The van der Waals surface area contributed by atoms with Gasteiger partial charge in [0.05, 0.1) is 38.0 Å². The molecule has 8 nitrogen and oxygen atoms in total. The Hall–Kier alpha value is -1.57. The highest BCUT2D eigenvalue weighted by Gasteiger charge is 2.56. The van der Waals surface area contributed by atoms with Gasteiger partial charge in [-0.1, -0.05) is 11.6 Å². The molecule has 0 radical (unpaired) electrons. The van der Waals surface area contributed by atoms with Gasteiger partial charge < -0.3 is 15.3 Å². The minimum absolute atomic E-state index is 0.0969. The van der Waals surface area contributed by atoms with Crippen LogP contribution in [-0.2, 0) is 24.5 Å². The van der Waals surface area contributed by atoms with Gasteiger partial charge in [-0.3, -0.25) is 4.79 Å². The van der Waals surface area contributed by atoms with E-state index in [0.717, 1.165) is 12.1 Å². The van der Waals surface area contributed by atoms with Crippen molar-refractivity contribution in [3.63, 3.8) is 0 Å². The largest absolute Gasteiger partial charge is 0.426 e. The lowest BCUT2D eigenvalue weighted by Crippen LogP contribution is -2.52. The monoisotopic (exact) mass is 506 g/mol. The van der Waals surface area contributed by atoms with E-state index in [0.29, 0.717) is 0 Å². The topological polar surface area (TPSA) is 121 Å². The standard InChI is InChI=1S/C17H22ClF3N2O6S2/c1-10(2)31(28,29)12-5-4-11(22-15(24)16(3,25)17(19,20)21)13(18)14(12)23-6-8-30(26,27)9-7-23/h4-5,10,25H,6-9H2,1-3H3,(H,22,24). The molecule has 2 rings (SSSR count). The maximum absolute atomic E-state index is 13.0. The predicted molar refractivity (Wildman–Crippen MR) is 110 cm³/mol. The molecule has 0 aliphatic carbocycles. The van der Waals surface area contributed by atoms with Crippen LogP contribution in [0, 0.1) is 0 Å². The van der Waals surface area contributed by atoms with E-state index in [9.17, 15) is 39.9 Å². The maximum atomic E-state index is 13.0. The zero-order chi connectivity index (χ0) is 24.0. The van der Waals surface area contributed by atoms with Crippen LogP contribution in [0.15, 0.2) is 17.0 Å². The van der Waals surface area contributed by atoms with Crippen molar-refractivity contribution in [3.8, 4) is 0 Å². The molecular formula is C17H22ClF3N2O6S2. The molecule has 1 amide bonds. The van der Waals surface area contributed by atoms with E-state index in [1.165, 1.54) is 18.7 Å². The van der Waals surface area contributed by atoms with Crippen LogP contribution in [-0.4, -0.2) is 69.5 Å². The quantitative estimate of drug-likeness (QED) is 0.626. The number of halogens is 4. The molecule has 14 heteroatoms. The zero-order valence-corrected chi connectivity index (χ0v) is 19.2. The fraction of sp³-hybridized carbons (Fsp3) is 0.588. The number of carbonyl (C=O) groups is 1. The lowest BCUT2D eigenvalue weighted by molar-refractivity contribution is -0.242. The molecule has 31 heavy (non-hydrogen) atoms. The molecule has 0 aromatic heterocycles. The second-order valence-corrected chi connectivity index (χ2v) is 12.7. The summed E-state index contributed by atoms with van der Waals surface area (Å²) in [5.74, 6) is -2.36. The van der Waals surface area contributed by atoms with Crippen molar-refractivity contribution in [2.45, 2.75) is 42.7 Å². The summed E-state index contributed by atoms with van der Waals surface area (Å²) in [5.41, 5.74) is -4.20. The number of carbonyl (C=O) groups excluding carboxylic acids is 1. The van der Waals surface area contributed by atoms with E-state index in [1.807, 2.05) is 5.32 Å². The van der Waals surface area contributed by atoms with E-state index in [1.54, 1.807) is 0 Å². The molecule has 0 bridgehead atoms. The average molecular weight is 507 g/mol. The van der Waals surface area contributed by atoms with Gasteiger partial charge in [-0.05, 0) is 32.9 Å². The first-order valence-corrected chi connectivity index (χ1v) is 12.8. The molecule has 0 spiro atoms. The normalized spacial score (nSPS) is 19.2. The Morgan fingerprint density at radius 2 is 1.74 bits per heavy atom. The summed E-state index contributed by atoms with van der Waals surface area (Å²) in [5, 5.41) is 10.2. The average Bonchev–Trinajstić information content (AvgIpc) is 2.62. The number of benzene rings is 1. The number of hydrogen-bond donors (Lipinski definition) is 2. The Morgan fingerprint density at radius 1 is 1.23 bits per heavy atom. The number of sulfone groups is 2. The van der Waals surface area contributed by atoms with Crippen molar-refractivity contribution >= 4 is 48.6 Å². The van der Waals surface area contributed by atoms with Crippen LogP contribution >= 0.6 is 11.6 Å². The third kappa shape index (κ3) is 5.10. The molecule has 1 heterocycles. The molecule has 1 aromatic rings. The number of alkyl halides is 3. The lowest BCUT2D eigenvalue weighted by Gasteiger charge is -2.32. The molecule has 1 fully saturated rings. The number of nitrogens with one attached hydrogen (secondary N) is 1. The van der Waals surface area contributed by atoms with Crippen LogP contribution < -0.4 is 10.2 Å². The van der Waals surface area contributed by atoms with E-state index in [-0.39, 0.29) is 52.8 Å². The predicted octanol–water partition coefficient (Wildman–Crippen LogP) is 2.01. The van der Waals surface area contributed by atoms with Crippen LogP contribution in [0.1, 0.15) is 20.8 Å². The van der Waals surface area contributed by atoms with Crippen molar-refractivity contribution in [1.82, 2.24) is 0 Å². The summed E-state index contributed by atoms with van der Waals surface area (Å²) in [7, 11) is -7.25. The van der Waals surface area contributed by atoms with Gasteiger partial charge in [-0.25, -0.2) is 16.8 Å². The molecule has 1 aliphatic rings. The molecule has 1 aliphatic heterocycles. The minimum Gasteiger partial charge on any atom is -0.373 e. The van der Waals surface area contributed by atoms with Crippen LogP contribution in [0.25, 0.3) is 0 Å². The molecule has 2 N–H and O–H groups in total. The fourth-order valence-electron chi connectivity index (χ4n) is 2.73. The van der Waals surface area contributed by atoms with Gasteiger partial charge in [-0.2, -0.15) is 13.2 Å². The lowest BCUT2D eigenvalue weighted by atomic mass is 10.1. The Balaban J connectivity index is 2.59. The number of nitrogens with zero attached hydrogens (tertiary/aromatic N) is 1. The second kappa shape index (κ2) is 8.41. The van der Waals surface area contributed by atoms with E-state index < -0.39 is 42.6 Å². The highest BCUT2D eigenvalue weighted by molar-refractivity contribution is 7.92. The first-order valence-electron chi connectivity index (χ1n) is 9.04. The second-order valence-electron chi connectivity index (χ2n) is 7.53. The van der Waals surface area contributed by atoms with Crippen LogP contribution in [0.4, 0.5) is 24.5 Å². The van der Waals surface area contributed by atoms with Gasteiger partial charge in [0, 0.05) is 13.1 Å². The fourth-order valence-corrected chi connectivity index (χ4v) is 5.59. The van der Waals surface area contributed by atoms with Gasteiger partial charge in [0.2, 0.25) is 5.60 Å². The van der Waals surface area contributed by atoms with E-state index in [2.05, 4.69) is 0 Å². The van der Waals surface area contributed by atoms with E-state index in [4.69, 9.17) is 11.6 Å². The molecule has 1 atom stereocenters. The number of amides is 1. The highest BCUT2D eigenvalue weighted by atomic mass is 35.5. The van der Waals surface area contributed by atoms with Gasteiger partial charge in [0.15, 0.2) is 19.7 Å². The Kier molecular flexibility index (Phi) is 6.97. The van der Waals surface area contributed by atoms with Crippen molar-refractivity contribution in [2.24, 2.45) is 0 Å². The zero-order valence-electron chi connectivity index (χ0n) is 16.8. The Bertz CT molecular complexity index is 1070. The van der Waals surface area contributed by atoms with Crippen molar-refractivity contribution in [3.05, 3.63) is 17.2 Å². The molecule has 1 aromatic carbocycles. The number of rotatable bonds is 5. The number of anilines is 2. The molecule has 1 saturated heterocycles. The molecule has 1 unspecified atom stereocenters. The van der Waals surface area contributed by atoms with Gasteiger partial charge in [0.25, 0.3) is 5.91 Å². The Labute approximate surface area is 183 Å². The van der Waals surface area contributed by atoms with E-state index >= 15 is 0 Å². The van der Waals surface area contributed by atoms with Crippen molar-refractivity contribution in [1.29, 1.82) is 0 Å². The third-order valence-electron chi connectivity index (χ3n) is 4.91. The number of hydrogen-bond acceptors (Lipinski definition) is 7. The van der Waals surface area contributed by atoms with Crippen molar-refractivity contribution < 1.29 is 39.9 Å². The summed E-state index contributed by atoms with van der Waals surface area (Å²) >= 11 is 6.30. The van der Waals surface area contributed by atoms with Gasteiger partial charge >= 0.3 is 6.18 Å². The third-order valence-corrected chi connectivity index (χ3v) is 9.08. The van der Waals surface area contributed by atoms with Gasteiger partial charge in [0.1, 0.15) is 0 Å². The molecule has 176 valence electrons. The molecular weight excluding hydrogens is 485 g/mol. The SMILES string of the molecule is CC(C)S(=O)(=O)c1ccc(NC(=O)C(C)(O)C(F)(F)F)c(Cl)c1N1CCS(=O)(=O)CC1. The van der Waals surface area contributed by atoms with Crippen LogP contribution in [0.5, 0.6) is 0 Å². The molecule has 0 saturated carbocycles. The summed E-state index contributed by atoms with van der Waals surface area (Å²) in [6.45, 7) is 2.92. The smallest absolute Gasteiger partial charge is 0.373 e. The Morgan fingerprint density at radius 3 is 2.19 bits per heavy atom. The summed E-state index contributed by atoms with van der Waals surface area (Å²) in [4.78, 5) is 13.2. The summed E-state index contributed by atoms with van der Waals surface area (Å²) in [6, 6.07) is 2.10. The number of aliphatic hydroxyl groups is 1. The van der Waals surface area contributed by atoms with Gasteiger partial charge in [-0.15, -0.1) is 0 Å². The first kappa shape index (κ1) is 25.7. The minimum atomic E-state index is -5.27. The highest BCUT2D eigenvalue weighted by Crippen LogP contribution is 2.41.